The molecule has 0 radical (unpaired) electrons. The van der Waals surface area contributed by atoms with Crippen LogP contribution in [0.2, 0.25) is 0 Å². The zero-order valence-corrected chi connectivity index (χ0v) is 17.8. The van der Waals surface area contributed by atoms with Gasteiger partial charge in [-0.2, -0.15) is 13.2 Å². The van der Waals surface area contributed by atoms with Crippen LogP contribution in [0, 0.1) is 12.3 Å². The van der Waals surface area contributed by atoms with Crippen molar-refractivity contribution in [3.63, 3.8) is 0 Å². The van der Waals surface area contributed by atoms with Gasteiger partial charge >= 0.3 is 6.18 Å². The second-order valence-corrected chi connectivity index (χ2v) is 8.30. The van der Waals surface area contributed by atoms with Crippen molar-refractivity contribution >= 4 is 34.3 Å². The monoisotopic (exact) mass is 451 g/mol. The highest BCUT2D eigenvalue weighted by atomic mass is 32.2. The summed E-state index contributed by atoms with van der Waals surface area (Å²) in [5.41, 5.74) is -0.662. The number of carbonyl (C=O) groups excluding carboxylic acids is 1. The van der Waals surface area contributed by atoms with Crippen molar-refractivity contribution in [2.24, 2.45) is 5.16 Å². The molecule has 1 aromatic heterocycles. The lowest BCUT2D eigenvalue weighted by Gasteiger charge is -2.28. The van der Waals surface area contributed by atoms with E-state index in [1.165, 1.54) is 0 Å². The van der Waals surface area contributed by atoms with E-state index in [0.717, 1.165) is 22.7 Å². The highest BCUT2D eigenvalue weighted by molar-refractivity contribution is 7.99. The van der Waals surface area contributed by atoms with Crippen LogP contribution >= 0.6 is 11.8 Å². The van der Waals surface area contributed by atoms with E-state index in [1.54, 1.807) is 50.6 Å². The molecule has 2 atom stereocenters. The standard InChI is InChI=1S/C21H20F3N3O3S/c1-5-12-8-13-9-14(6-7-15(13)25-11-12)29-19(31-4)18(28)26-20(2,3)16-10-17(30-27-16)21(22,23)24/h1,6-9,11,17,19H,10H2,2-4H3,(H,26,28). The van der Waals surface area contributed by atoms with Gasteiger partial charge in [-0.15, -0.1) is 18.2 Å². The van der Waals surface area contributed by atoms with E-state index in [4.69, 9.17) is 11.2 Å². The van der Waals surface area contributed by atoms with E-state index < -0.39 is 35.6 Å². The Morgan fingerprint density at radius 3 is 2.74 bits per heavy atom. The van der Waals surface area contributed by atoms with Crippen molar-refractivity contribution in [1.29, 1.82) is 0 Å². The molecule has 0 spiro atoms. The van der Waals surface area contributed by atoms with E-state index in [0.29, 0.717) is 11.3 Å². The Balaban J connectivity index is 1.70. The Bertz CT molecular complexity index is 1060. The minimum absolute atomic E-state index is 0.0987. The summed E-state index contributed by atoms with van der Waals surface area (Å²) in [5.74, 6) is 2.43. The molecule has 0 aliphatic carbocycles. The summed E-state index contributed by atoms with van der Waals surface area (Å²) >= 11 is 1.14. The largest absolute Gasteiger partial charge is 0.470 e. The van der Waals surface area contributed by atoms with Gasteiger partial charge in [0.1, 0.15) is 5.75 Å². The number of thioether (sulfide) groups is 1. The number of aromatic nitrogens is 1. The predicted octanol–water partition coefficient (Wildman–Crippen LogP) is 3.89. The lowest BCUT2D eigenvalue weighted by molar-refractivity contribution is -0.212. The zero-order chi connectivity index (χ0) is 22.8. The number of terminal acetylenes is 1. The molecule has 1 aromatic carbocycles. The van der Waals surface area contributed by atoms with Gasteiger partial charge < -0.3 is 14.9 Å². The Labute approximate surface area is 181 Å². The molecule has 0 saturated carbocycles. The molecule has 31 heavy (non-hydrogen) atoms. The maximum Gasteiger partial charge on any atom is 0.428 e. The van der Waals surface area contributed by atoms with Gasteiger partial charge in [-0.1, -0.05) is 11.1 Å². The maximum absolute atomic E-state index is 12.8. The number of pyridine rings is 1. The zero-order valence-electron chi connectivity index (χ0n) is 17.0. The van der Waals surface area contributed by atoms with Crippen LogP contribution in [0.25, 0.3) is 10.9 Å². The van der Waals surface area contributed by atoms with Crippen LogP contribution in [0.5, 0.6) is 5.75 Å². The van der Waals surface area contributed by atoms with Gasteiger partial charge in [-0.05, 0) is 44.4 Å². The van der Waals surface area contributed by atoms with Crippen molar-refractivity contribution < 1.29 is 27.5 Å². The molecule has 2 unspecified atom stereocenters. The smallest absolute Gasteiger partial charge is 0.428 e. The van der Waals surface area contributed by atoms with Crippen molar-refractivity contribution in [2.75, 3.05) is 6.26 Å². The number of oxime groups is 1. The van der Waals surface area contributed by atoms with Gasteiger partial charge in [0.25, 0.3) is 5.91 Å². The summed E-state index contributed by atoms with van der Waals surface area (Å²) in [5, 5.41) is 6.99. The highest BCUT2D eigenvalue weighted by Crippen LogP contribution is 2.32. The summed E-state index contributed by atoms with van der Waals surface area (Å²) in [6.07, 6.45) is 1.69. The fourth-order valence-corrected chi connectivity index (χ4v) is 3.44. The van der Waals surface area contributed by atoms with Crippen molar-refractivity contribution in [3.05, 3.63) is 36.0 Å². The molecule has 3 rings (SSSR count). The highest BCUT2D eigenvalue weighted by Gasteiger charge is 2.48. The molecule has 1 aliphatic rings. The first-order valence-corrected chi connectivity index (χ1v) is 10.5. The first-order chi connectivity index (χ1) is 14.5. The second-order valence-electron chi connectivity index (χ2n) is 7.40. The number of amides is 1. The number of nitrogens with zero attached hydrogens (tertiary/aromatic N) is 2. The number of rotatable bonds is 6. The first kappa shape index (κ1) is 22.7. The van der Waals surface area contributed by atoms with Crippen LogP contribution in [0.3, 0.4) is 0 Å². The molecule has 1 N–H and O–H groups in total. The summed E-state index contributed by atoms with van der Waals surface area (Å²) in [4.78, 5) is 21.5. The molecule has 10 heteroatoms. The second kappa shape index (κ2) is 8.67. The third kappa shape index (κ3) is 5.22. The van der Waals surface area contributed by atoms with Crippen LogP contribution in [-0.2, 0) is 9.63 Å². The minimum Gasteiger partial charge on any atom is -0.470 e. The van der Waals surface area contributed by atoms with E-state index in [9.17, 15) is 18.0 Å². The topological polar surface area (TPSA) is 72.8 Å². The molecular weight excluding hydrogens is 431 g/mol. The Kier molecular flexibility index (Phi) is 6.36. The summed E-state index contributed by atoms with van der Waals surface area (Å²) in [7, 11) is 0. The van der Waals surface area contributed by atoms with Crippen molar-refractivity contribution in [1.82, 2.24) is 10.3 Å². The number of benzene rings is 1. The Hall–Kier alpha value is -2.93. The lowest BCUT2D eigenvalue weighted by atomic mass is 9.94. The molecule has 6 nitrogen and oxygen atoms in total. The van der Waals surface area contributed by atoms with Gasteiger partial charge in [0.05, 0.1) is 16.8 Å². The molecule has 2 heterocycles. The van der Waals surface area contributed by atoms with Gasteiger partial charge in [-0.3, -0.25) is 9.78 Å². The fourth-order valence-electron chi connectivity index (χ4n) is 2.96. The molecule has 0 fully saturated rings. The first-order valence-electron chi connectivity index (χ1n) is 9.21. The van der Waals surface area contributed by atoms with E-state index in [-0.39, 0.29) is 5.71 Å². The van der Waals surface area contributed by atoms with Gasteiger partial charge in [-0.25, -0.2) is 0 Å². The van der Waals surface area contributed by atoms with Gasteiger partial charge in [0, 0.05) is 23.6 Å². The van der Waals surface area contributed by atoms with E-state index in [1.807, 2.05) is 0 Å². The Morgan fingerprint density at radius 2 is 2.13 bits per heavy atom. The number of hydrogen-bond donors (Lipinski definition) is 1. The average molecular weight is 451 g/mol. The molecule has 2 aromatic rings. The number of ether oxygens (including phenoxy) is 1. The number of nitrogens with one attached hydrogen (secondary N) is 1. The number of hydrogen-bond acceptors (Lipinski definition) is 6. The van der Waals surface area contributed by atoms with Crippen LogP contribution in [0.15, 0.2) is 35.6 Å². The SMILES string of the molecule is C#Cc1cnc2ccc(OC(SC)C(=O)NC(C)(C)C3=NOC(C(F)(F)F)C3)cc2c1. The molecule has 0 bridgehead atoms. The van der Waals surface area contributed by atoms with Crippen molar-refractivity contribution in [2.45, 2.75) is 43.5 Å². The number of halogens is 3. The van der Waals surface area contributed by atoms with Crippen LogP contribution in [-0.4, -0.2) is 46.1 Å². The molecule has 0 saturated heterocycles. The molecule has 1 amide bonds. The molecule has 164 valence electrons. The van der Waals surface area contributed by atoms with Crippen LogP contribution in [0.4, 0.5) is 13.2 Å². The number of alkyl halides is 3. The lowest BCUT2D eigenvalue weighted by Crippen LogP contribution is -2.53. The van der Waals surface area contributed by atoms with Gasteiger partial charge in [0.2, 0.25) is 11.5 Å². The normalized spacial score (nSPS) is 17.5. The van der Waals surface area contributed by atoms with Crippen molar-refractivity contribution in [3.8, 4) is 18.1 Å². The van der Waals surface area contributed by atoms with E-state index >= 15 is 0 Å². The minimum atomic E-state index is -4.53. The Morgan fingerprint density at radius 1 is 1.39 bits per heavy atom. The maximum atomic E-state index is 12.8. The van der Waals surface area contributed by atoms with Crippen LogP contribution in [0.1, 0.15) is 25.8 Å². The summed E-state index contributed by atoms with van der Waals surface area (Å²) < 4.78 is 44.3. The summed E-state index contributed by atoms with van der Waals surface area (Å²) in [6, 6.07) is 6.91. The van der Waals surface area contributed by atoms with Gasteiger partial charge in [0.15, 0.2) is 0 Å². The number of carbonyl (C=O) groups is 1. The summed E-state index contributed by atoms with van der Waals surface area (Å²) in [6.45, 7) is 3.12. The third-order valence-electron chi connectivity index (χ3n) is 4.68. The molecule has 1 aliphatic heterocycles. The van der Waals surface area contributed by atoms with E-state index in [2.05, 4.69) is 26.2 Å². The predicted molar refractivity (Wildman–Crippen MR) is 113 cm³/mol. The fraction of sp³-hybridized carbons (Fsp3) is 0.381. The van der Waals surface area contributed by atoms with Crippen LogP contribution < -0.4 is 10.1 Å². The third-order valence-corrected chi connectivity index (χ3v) is 5.42. The number of fused-ring (bicyclic) bond motifs is 1. The average Bonchev–Trinajstić information content (AvgIpc) is 3.23. The quantitative estimate of drug-likeness (QED) is 0.533. The molecular formula is C21H20F3N3O3S.